The molecule has 0 saturated carbocycles. The van der Waals surface area contributed by atoms with E-state index in [9.17, 15) is 22.8 Å². The molecular weight excluding hydrogens is 301 g/mol. The minimum atomic E-state index is -3.76. The Morgan fingerprint density at radius 2 is 1.76 bits per heavy atom. The number of carboxylic acid groups (broad SMARTS) is 1. The van der Waals surface area contributed by atoms with Crippen LogP contribution in [0, 0.1) is 11.0 Å². The van der Waals surface area contributed by atoms with Crippen molar-refractivity contribution in [1.29, 1.82) is 0 Å². The maximum Gasteiger partial charge on any atom is 0.402 e. The topological polar surface area (TPSA) is 98.4 Å². The quantitative estimate of drug-likeness (QED) is 0.679. The lowest BCUT2D eigenvalue weighted by Crippen LogP contribution is -2.38. The molecule has 0 bridgehead atoms. The van der Waals surface area contributed by atoms with Gasteiger partial charge in [0.15, 0.2) is 9.84 Å². The van der Waals surface area contributed by atoms with Gasteiger partial charge in [0, 0.05) is 17.9 Å². The molecule has 8 heteroatoms. The molecule has 6 nitrogen and oxygen atoms in total. The number of aromatic nitrogens is 1. The number of rotatable bonds is 3. The van der Waals surface area contributed by atoms with Crippen LogP contribution in [0.25, 0.3) is 11.3 Å². The summed E-state index contributed by atoms with van der Waals surface area (Å²) in [5.41, 5.74) is -0.867. The molecule has 0 aliphatic carbocycles. The van der Waals surface area contributed by atoms with Gasteiger partial charge < -0.3 is 10.3 Å². The second kappa shape index (κ2) is 5.13. The van der Waals surface area contributed by atoms with Crippen LogP contribution in [0.4, 0.5) is 4.39 Å². The number of hydrogen-bond donors (Lipinski definition) is 1. The standard InChI is InChI=1S/C13H10FNO5S/c1-21(19,20)11-7-6-10(13(16)17)15(18)12(11)8-2-4-9(14)5-3-8/h2-7H,1H3,(H,16,17). The first-order chi connectivity index (χ1) is 9.71. The Labute approximate surface area is 119 Å². The second-order valence-corrected chi connectivity index (χ2v) is 6.29. The van der Waals surface area contributed by atoms with Gasteiger partial charge in [0.25, 0.3) is 0 Å². The van der Waals surface area contributed by atoms with E-state index in [1.54, 1.807) is 0 Å². The van der Waals surface area contributed by atoms with Crippen LogP contribution in [0.1, 0.15) is 10.5 Å². The van der Waals surface area contributed by atoms with Crippen LogP contribution in [-0.4, -0.2) is 25.7 Å². The number of sulfone groups is 1. The van der Waals surface area contributed by atoms with Crippen molar-refractivity contribution in [3.8, 4) is 11.3 Å². The monoisotopic (exact) mass is 311 g/mol. The molecule has 1 aromatic heterocycles. The van der Waals surface area contributed by atoms with Gasteiger partial charge >= 0.3 is 11.7 Å². The zero-order valence-corrected chi connectivity index (χ0v) is 11.6. The van der Waals surface area contributed by atoms with Crippen molar-refractivity contribution in [1.82, 2.24) is 0 Å². The molecule has 0 saturated heterocycles. The molecule has 1 aromatic carbocycles. The van der Waals surface area contributed by atoms with Gasteiger partial charge in [-0.2, -0.15) is 4.73 Å². The van der Waals surface area contributed by atoms with E-state index in [1.807, 2.05) is 0 Å². The number of nitrogens with zero attached hydrogens (tertiary/aromatic N) is 1. The van der Waals surface area contributed by atoms with Crippen molar-refractivity contribution in [3.05, 3.63) is 53.1 Å². The lowest BCUT2D eigenvalue weighted by atomic mass is 10.1. The summed E-state index contributed by atoms with van der Waals surface area (Å²) in [5.74, 6) is -2.06. The van der Waals surface area contributed by atoms with Crippen LogP contribution >= 0.6 is 0 Å². The fourth-order valence-corrected chi connectivity index (χ4v) is 2.71. The summed E-state index contributed by atoms with van der Waals surface area (Å²) in [6.45, 7) is 0. The molecule has 0 radical (unpaired) electrons. The fourth-order valence-electron chi connectivity index (χ4n) is 1.85. The van der Waals surface area contributed by atoms with Crippen LogP contribution in [0.15, 0.2) is 41.3 Å². The van der Waals surface area contributed by atoms with E-state index in [4.69, 9.17) is 5.11 Å². The summed E-state index contributed by atoms with van der Waals surface area (Å²) in [6.07, 6.45) is 0.899. The van der Waals surface area contributed by atoms with Crippen LogP contribution < -0.4 is 4.73 Å². The van der Waals surface area contributed by atoms with Gasteiger partial charge in [-0.25, -0.2) is 17.6 Å². The number of aromatic carboxylic acids is 1. The van der Waals surface area contributed by atoms with Crippen molar-refractivity contribution < 1.29 is 27.4 Å². The summed E-state index contributed by atoms with van der Waals surface area (Å²) in [7, 11) is -3.76. The average Bonchev–Trinajstić information content (AvgIpc) is 2.38. The van der Waals surface area contributed by atoms with E-state index in [0.29, 0.717) is 0 Å². The first-order valence-corrected chi connectivity index (χ1v) is 7.57. The fraction of sp³-hybridized carbons (Fsp3) is 0.0769. The predicted molar refractivity (Wildman–Crippen MR) is 70.9 cm³/mol. The Morgan fingerprint density at radius 3 is 2.24 bits per heavy atom. The summed E-state index contributed by atoms with van der Waals surface area (Å²) in [6, 6.07) is 6.48. The number of halogens is 1. The summed E-state index contributed by atoms with van der Waals surface area (Å²) in [5, 5.41) is 21.1. The summed E-state index contributed by atoms with van der Waals surface area (Å²) < 4.78 is 36.5. The van der Waals surface area contributed by atoms with Gasteiger partial charge in [-0.15, -0.1) is 0 Å². The summed E-state index contributed by atoms with van der Waals surface area (Å²) >= 11 is 0. The number of hydrogen-bond acceptors (Lipinski definition) is 4. The minimum Gasteiger partial charge on any atom is -0.618 e. The van der Waals surface area contributed by atoms with Gasteiger partial charge in [0.05, 0.1) is 0 Å². The van der Waals surface area contributed by atoms with Crippen molar-refractivity contribution in [2.75, 3.05) is 6.26 Å². The van der Waals surface area contributed by atoms with Gasteiger partial charge in [-0.05, 0) is 30.3 Å². The molecule has 0 spiro atoms. The van der Waals surface area contributed by atoms with E-state index in [-0.39, 0.29) is 20.9 Å². The largest absolute Gasteiger partial charge is 0.618 e. The highest BCUT2D eigenvalue weighted by molar-refractivity contribution is 7.90. The molecule has 0 aliphatic heterocycles. The van der Waals surface area contributed by atoms with Crippen molar-refractivity contribution in [2.24, 2.45) is 0 Å². The number of benzene rings is 1. The normalized spacial score (nSPS) is 11.3. The molecular formula is C13H10FNO5S. The molecule has 2 rings (SSSR count). The Hall–Kier alpha value is -2.48. The van der Waals surface area contributed by atoms with Crippen LogP contribution in [0.5, 0.6) is 0 Å². The molecule has 110 valence electrons. The highest BCUT2D eigenvalue weighted by Gasteiger charge is 2.27. The van der Waals surface area contributed by atoms with Gasteiger partial charge in [-0.1, -0.05) is 0 Å². The zero-order valence-electron chi connectivity index (χ0n) is 10.8. The summed E-state index contributed by atoms with van der Waals surface area (Å²) in [4.78, 5) is 10.7. The van der Waals surface area contributed by atoms with E-state index in [0.717, 1.165) is 30.5 Å². The number of carboxylic acids is 1. The molecule has 1 heterocycles. The van der Waals surface area contributed by atoms with Crippen LogP contribution in [0.2, 0.25) is 0 Å². The first kappa shape index (κ1) is 14.9. The highest BCUT2D eigenvalue weighted by Crippen LogP contribution is 2.24. The number of carbonyl (C=O) groups is 1. The van der Waals surface area contributed by atoms with Crippen LogP contribution in [0.3, 0.4) is 0 Å². The van der Waals surface area contributed by atoms with E-state index >= 15 is 0 Å². The maximum absolute atomic E-state index is 12.9. The molecule has 0 fully saturated rings. The third-order valence-electron chi connectivity index (χ3n) is 2.78. The average molecular weight is 311 g/mol. The van der Waals surface area contributed by atoms with E-state index in [2.05, 4.69) is 0 Å². The predicted octanol–water partition coefficient (Wildman–Crippen LogP) is 1.23. The third kappa shape index (κ3) is 2.84. The van der Waals surface area contributed by atoms with E-state index < -0.39 is 27.3 Å². The number of pyridine rings is 1. The lowest BCUT2D eigenvalue weighted by Gasteiger charge is -2.11. The molecule has 21 heavy (non-hydrogen) atoms. The minimum absolute atomic E-state index is 0.0198. The Kier molecular flexibility index (Phi) is 3.65. The molecule has 1 N–H and O–H groups in total. The van der Waals surface area contributed by atoms with Gasteiger partial charge in [-0.3, -0.25) is 0 Å². The molecule has 0 unspecified atom stereocenters. The highest BCUT2D eigenvalue weighted by atomic mass is 32.2. The van der Waals surface area contributed by atoms with E-state index in [1.165, 1.54) is 12.1 Å². The second-order valence-electron chi connectivity index (χ2n) is 4.31. The molecule has 2 aromatic rings. The van der Waals surface area contributed by atoms with Gasteiger partial charge in [0.2, 0.25) is 5.69 Å². The smallest absolute Gasteiger partial charge is 0.402 e. The van der Waals surface area contributed by atoms with Crippen LogP contribution in [-0.2, 0) is 9.84 Å². The van der Waals surface area contributed by atoms with Crippen molar-refractivity contribution in [2.45, 2.75) is 4.90 Å². The van der Waals surface area contributed by atoms with Gasteiger partial charge in [0.1, 0.15) is 10.7 Å². The molecule has 0 atom stereocenters. The SMILES string of the molecule is CS(=O)(=O)c1ccc(C(=O)O)[n+]([O-])c1-c1ccc(F)cc1. The Morgan fingerprint density at radius 1 is 1.19 bits per heavy atom. The molecule has 0 aliphatic rings. The first-order valence-electron chi connectivity index (χ1n) is 5.67. The Balaban J connectivity index is 2.85. The molecule has 0 amide bonds. The lowest BCUT2D eigenvalue weighted by molar-refractivity contribution is -0.598. The van der Waals surface area contributed by atoms with Crippen molar-refractivity contribution >= 4 is 15.8 Å². The Bertz CT molecular complexity index is 815. The zero-order chi connectivity index (χ0) is 15.8. The van der Waals surface area contributed by atoms with Crippen molar-refractivity contribution in [3.63, 3.8) is 0 Å². The third-order valence-corrected chi connectivity index (χ3v) is 3.91. The maximum atomic E-state index is 12.9.